The Hall–Kier alpha value is -0.340. The minimum absolute atomic E-state index is 0. The molecule has 4 nitrogen and oxygen atoms in total. The summed E-state index contributed by atoms with van der Waals surface area (Å²) in [7, 11) is 0. The molecule has 22 heavy (non-hydrogen) atoms. The van der Waals surface area contributed by atoms with Gasteiger partial charge in [0.25, 0.3) is 0 Å². The highest BCUT2D eigenvalue weighted by molar-refractivity contribution is 14.0. The molecule has 0 bridgehead atoms. The molecule has 1 aliphatic heterocycles. The number of guanidine groups is 1. The third-order valence-electron chi connectivity index (χ3n) is 4.57. The maximum absolute atomic E-state index is 6.06. The molecule has 1 saturated carbocycles. The Balaban J connectivity index is 0.00000176. The maximum atomic E-state index is 6.06. The average molecular weight is 435 g/mol. The van der Waals surface area contributed by atoms with E-state index >= 15 is 0 Å². The number of nitrogens with two attached hydrogens (primary N) is 1. The largest absolute Gasteiger partial charge is 0.370 e. The number of hydrogen-bond acceptors (Lipinski definition) is 3. The molecule has 6 heteroatoms. The van der Waals surface area contributed by atoms with E-state index in [0.29, 0.717) is 18.5 Å². The van der Waals surface area contributed by atoms with Gasteiger partial charge in [-0.05, 0) is 36.8 Å². The van der Waals surface area contributed by atoms with Gasteiger partial charge in [0, 0.05) is 17.3 Å². The molecule has 1 atom stereocenters. The minimum Gasteiger partial charge on any atom is -0.370 e. The summed E-state index contributed by atoms with van der Waals surface area (Å²) in [6, 6.07) is 2.67. The van der Waals surface area contributed by atoms with Crippen molar-refractivity contribution in [2.75, 3.05) is 13.2 Å². The van der Waals surface area contributed by atoms with Crippen molar-refractivity contribution in [1.82, 2.24) is 5.32 Å². The predicted octanol–water partition coefficient (Wildman–Crippen LogP) is 3.39. The highest BCUT2D eigenvalue weighted by Crippen LogP contribution is 2.36. The second-order valence-electron chi connectivity index (χ2n) is 6.27. The molecule has 0 aromatic carbocycles. The van der Waals surface area contributed by atoms with E-state index in [9.17, 15) is 0 Å². The Morgan fingerprint density at radius 2 is 2.23 bits per heavy atom. The molecule has 3 rings (SSSR count). The minimum atomic E-state index is -0.327. The van der Waals surface area contributed by atoms with Gasteiger partial charge in [0.2, 0.25) is 0 Å². The van der Waals surface area contributed by atoms with Gasteiger partial charge in [-0.1, -0.05) is 19.3 Å². The van der Waals surface area contributed by atoms with E-state index in [1.807, 2.05) is 11.3 Å². The number of ether oxygens (including phenoxy) is 1. The van der Waals surface area contributed by atoms with Crippen LogP contribution in [0, 0.1) is 0 Å². The van der Waals surface area contributed by atoms with E-state index in [0.717, 1.165) is 13.0 Å². The van der Waals surface area contributed by atoms with Crippen LogP contribution in [0.25, 0.3) is 0 Å². The highest BCUT2D eigenvalue weighted by Gasteiger charge is 2.34. The lowest BCUT2D eigenvalue weighted by molar-refractivity contribution is -0.0375. The van der Waals surface area contributed by atoms with E-state index in [2.05, 4.69) is 28.7 Å². The van der Waals surface area contributed by atoms with Crippen molar-refractivity contribution in [2.24, 2.45) is 10.7 Å². The third-order valence-corrected chi connectivity index (χ3v) is 5.55. The Morgan fingerprint density at radius 1 is 1.45 bits per heavy atom. The zero-order chi connectivity index (χ0) is 14.7. The molecule has 2 aliphatic rings. The van der Waals surface area contributed by atoms with Gasteiger partial charge in [0.1, 0.15) is 5.60 Å². The Kier molecular flexibility index (Phi) is 6.52. The standard InChI is InChI=1S/C16H25N3OS.HI/c1-16(13-8-10-21-14(13)7-9-20-16)11-18-15(17)19-12-5-3-2-4-6-12;/h8,10,12H,2-7,9,11H2,1H3,(H3,17,18,19);1H. The summed E-state index contributed by atoms with van der Waals surface area (Å²) in [6.45, 7) is 3.48. The van der Waals surface area contributed by atoms with Crippen molar-refractivity contribution in [3.63, 3.8) is 0 Å². The van der Waals surface area contributed by atoms with E-state index < -0.39 is 0 Å². The fraction of sp³-hybridized carbons (Fsp3) is 0.688. The van der Waals surface area contributed by atoms with Crippen LogP contribution in [-0.2, 0) is 16.8 Å². The number of nitrogens with one attached hydrogen (secondary N) is 1. The molecule has 0 radical (unpaired) electrons. The van der Waals surface area contributed by atoms with Crippen LogP contribution >= 0.6 is 35.3 Å². The number of halogens is 1. The van der Waals surface area contributed by atoms with Gasteiger partial charge in [-0.15, -0.1) is 35.3 Å². The van der Waals surface area contributed by atoms with Crippen LogP contribution in [-0.4, -0.2) is 25.2 Å². The lowest BCUT2D eigenvalue weighted by Gasteiger charge is -2.33. The topological polar surface area (TPSA) is 59.6 Å². The van der Waals surface area contributed by atoms with Crippen molar-refractivity contribution in [2.45, 2.75) is 57.1 Å². The zero-order valence-corrected chi connectivity index (χ0v) is 16.3. The molecule has 1 unspecified atom stereocenters. The molecule has 1 fully saturated rings. The number of aliphatic imine (C=N–C) groups is 1. The second kappa shape index (κ2) is 7.97. The predicted molar refractivity (Wildman–Crippen MR) is 103 cm³/mol. The lowest BCUT2D eigenvalue weighted by Crippen LogP contribution is -2.42. The van der Waals surface area contributed by atoms with Crippen LogP contribution < -0.4 is 11.1 Å². The first-order valence-corrected chi connectivity index (χ1v) is 8.83. The molecule has 3 N–H and O–H groups in total. The number of nitrogens with zero attached hydrogens (tertiary/aromatic N) is 1. The monoisotopic (exact) mass is 435 g/mol. The molecule has 124 valence electrons. The fourth-order valence-corrected chi connectivity index (χ4v) is 4.30. The van der Waals surface area contributed by atoms with Crippen LogP contribution in [0.15, 0.2) is 16.4 Å². The van der Waals surface area contributed by atoms with E-state index in [4.69, 9.17) is 10.5 Å². The van der Waals surface area contributed by atoms with Crippen LogP contribution in [0.3, 0.4) is 0 Å². The van der Waals surface area contributed by atoms with E-state index in [-0.39, 0.29) is 29.6 Å². The molecular formula is C16H26IN3OS. The molecule has 2 heterocycles. The summed E-state index contributed by atoms with van der Waals surface area (Å²) >= 11 is 1.82. The van der Waals surface area contributed by atoms with Crippen LogP contribution in [0.5, 0.6) is 0 Å². The normalized spacial score (nSPS) is 26.1. The van der Waals surface area contributed by atoms with Gasteiger partial charge in [-0.25, -0.2) is 0 Å². The first-order chi connectivity index (χ1) is 10.2. The number of rotatable bonds is 3. The molecule has 1 aromatic rings. The van der Waals surface area contributed by atoms with Crippen molar-refractivity contribution < 1.29 is 4.74 Å². The second-order valence-corrected chi connectivity index (χ2v) is 7.27. The molecule has 0 spiro atoms. The first kappa shape index (κ1) is 18.0. The Morgan fingerprint density at radius 3 is 3.00 bits per heavy atom. The van der Waals surface area contributed by atoms with E-state index in [1.54, 1.807) is 0 Å². The van der Waals surface area contributed by atoms with Gasteiger partial charge in [0.15, 0.2) is 5.96 Å². The van der Waals surface area contributed by atoms with Gasteiger partial charge in [0.05, 0.1) is 13.2 Å². The van der Waals surface area contributed by atoms with Crippen molar-refractivity contribution in [1.29, 1.82) is 0 Å². The van der Waals surface area contributed by atoms with Gasteiger partial charge >= 0.3 is 0 Å². The SMILES string of the molecule is CC1(CN=C(N)NC2CCCCC2)OCCc2sccc21.I. The van der Waals surface area contributed by atoms with Gasteiger partial charge < -0.3 is 15.8 Å². The quantitative estimate of drug-likeness (QED) is 0.435. The number of thiophene rings is 1. The van der Waals surface area contributed by atoms with Crippen molar-refractivity contribution in [3.8, 4) is 0 Å². The molecular weight excluding hydrogens is 409 g/mol. The van der Waals surface area contributed by atoms with Crippen molar-refractivity contribution >= 4 is 41.3 Å². The van der Waals surface area contributed by atoms with Crippen molar-refractivity contribution in [3.05, 3.63) is 21.9 Å². The molecule has 1 aromatic heterocycles. The Bertz CT molecular complexity index is 513. The third kappa shape index (κ3) is 4.14. The highest BCUT2D eigenvalue weighted by atomic mass is 127. The average Bonchev–Trinajstić information content (AvgIpc) is 2.97. The van der Waals surface area contributed by atoms with Gasteiger partial charge in [-0.3, -0.25) is 4.99 Å². The zero-order valence-electron chi connectivity index (χ0n) is 13.1. The summed E-state index contributed by atoms with van der Waals surface area (Å²) in [6.07, 6.45) is 7.37. The summed E-state index contributed by atoms with van der Waals surface area (Å²) in [5.41, 5.74) is 7.02. The first-order valence-electron chi connectivity index (χ1n) is 7.95. The van der Waals surface area contributed by atoms with Crippen LogP contribution in [0.1, 0.15) is 49.5 Å². The molecule has 0 saturated heterocycles. The lowest BCUT2D eigenvalue weighted by atomic mass is 9.93. The number of hydrogen-bond donors (Lipinski definition) is 2. The molecule has 1 aliphatic carbocycles. The Labute approximate surface area is 153 Å². The fourth-order valence-electron chi connectivity index (χ4n) is 3.32. The summed E-state index contributed by atoms with van der Waals surface area (Å²) in [4.78, 5) is 5.98. The smallest absolute Gasteiger partial charge is 0.188 e. The summed E-state index contributed by atoms with van der Waals surface area (Å²) in [5, 5.41) is 5.51. The summed E-state index contributed by atoms with van der Waals surface area (Å²) in [5.74, 6) is 0.564. The summed E-state index contributed by atoms with van der Waals surface area (Å²) < 4.78 is 6.01. The molecule has 0 amide bonds. The maximum Gasteiger partial charge on any atom is 0.188 e. The van der Waals surface area contributed by atoms with Crippen LogP contribution in [0.2, 0.25) is 0 Å². The van der Waals surface area contributed by atoms with Crippen LogP contribution in [0.4, 0.5) is 0 Å². The van der Waals surface area contributed by atoms with E-state index in [1.165, 1.54) is 42.5 Å². The van der Waals surface area contributed by atoms with Gasteiger partial charge in [-0.2, -0.15) is 0 Å². The number of fused-ring (bicyclic) bond motifs is 1.